The molecule has 2 fully saturated rings. The van der Waals surface area contributed by atoms with Crippen LogP contribution in [-0.4, -0.2) is 22.6 Å². The third kappa shape index (κ3) is 2.76. The molecule has 0 radical (unpaired) electrons. The molecule has 0 N–H and O–H groups in total. The monoisotopic (exact) mass is 222 g/mol. The van der Waals surface area contributed by atoms with E-state index in [0.717, 1.165) is 12.5 Å². The maximum atomic E-state index is 9.97. The summed E-state index contributed by atoms with van der Waals surface area (Å²) in [7, 11) is 0. The summed E-state index contributed by atoms with van der Waals surface area (Å²) < 4.78 is 5.35. The number of nitro groups is 1. The van der Waals surface area contributed by atoms with Gasteiger partial charge in [0, 0.05) is 18.9 Å². The van der Waals surface area contributed by atoms with Crippen LogP contribution in [0.15, 0.2) is 24.5 Å². The van der Waals surface area contributed by atoms with Gasteiger partial charge >= 0.3 is 0 Å². The van der Waals surface area contributed by atoms with Gasteiger partial charge in [-0.3, -0.25) is 15.1 Å². The Hall–Kier alpha value is -1.49. The van der Waals surface area contributed by atoms with Gasteiger partial charge < -0.3 is 4.74 Å². The van der Waals surface area contributed by atoms with Gasteiger partial charge in [0.05, 0.1) is 11.0 Å². The third-order valence-electron chi connectivity index (χ3n) is 2.92. The van der Waals surface area contributed by atoms with Crippen molar-refractivity contribution >= 4 is 5.69 Å². The van der Waals surface area contributed by atoms with Gasteiger partial charge in [-0.2, -0.15) is 0 Å². The molecular weight excluding hydrogens is 208 g/mol. The number of ether oxygens (including phenoxy) is 1. The van der Waals surface area contributed by atoms with Crippen LogP contribution in [0.2, 0.25) is 0 Å². The van der Waals surface area contributed by atoms with E-state index >= 15 is 0 Å². The predicted molar refractivity (Wildman–Crippen MR) is 58.0 cm³/mol. The lowest BCUT2D eigenvalue weighted by atomic mass is 10.1. The van der Waals surface area contributed by atoms with Crippen molar-refractivity contribution in [3.8, 4) is 0 Å². The summed E-state index contributed by atoms with van der Waals surface area (Å²) in [5.41, 5.74) is 0.0255. The Morgan fingerprint density at radius 3 is 2.62 bits per heavy atom. The van der Waals surface area contributed by atoms with E-state index in [4.69, 9.17) is 4.74 Å². The maximum Gasteiger partial charge on any atom is 0.287 e. The second-order valence-corrected chi connectivity index (χ2v) is 4.10. The zero-order valence-electron chi connectivity index (χ0n) is 8.91. The topological polar surface area (TPSA) is 65.3 Å². The Morgan fingerprint density at radius 1 is 1.50 bits per heavy atom. The van der Waals surface area contributed by atoms with Gasteiger partial charge in [-0.25, -0.2) is 0 Å². The van der Waals surface area contributed by atoms with E-state index in [1.54, 1.807) is 0 Å². The first-order chi connectivity index (χ1) is 7.75. The first-order valence-corrected chi connectivity index (χ1v) is 5.41. The second-order valence-electron chi connectivity index (χ2n) is 4.10. The van der Waals surface area contributed by atoms with Crippen LogP contribution in [0.5, 0.6) is 0 Å². The van der Waals surface area contributed by atoms with Gasteiger partial charge in [-0.1, -0.05) is 0 Å². The molecule has 1 saturated carbocycles. The molecule has 2 atom stereocenters. The number of hydrogen-bond acceptors (Lipinski definition) is 4. The molecule has 1 aliphatic heterocycles. The third-order valence-corrected chi connectivity index (χ3v) is 2.92. The lowest BCUT2D eigenvalue weighted by Crippen LogP contribution is -2.05. The van der Waals surface area contributed by atoms with Crippen molar-refractivity contribution in [3.63, 3.8) is 0 Å². The van der Waals surface area contributed by atoms with Crippen LogP contribution in [0, 0.1) is 16.0 Å². The van der Waals surface area contributed by atoms with Crippen molar-refractivity contribution in [2.24, 2.45) is 5.92 Å². The van der Waals surface area contributed by atoms with Crippen LogP contribution in [0.4, 0.5) is 5.69 Å². The van der Waals surface area contributed by atoms with Crippen LogP contribution in [0.25, 0.3) is 0 Å². The van der Waals surface area contributed by atoms with Gasteiger partial charge in [0.1, 0.15) is 6.20 Å². The maximum absolute atomic E-state index is 9.97. The Labute approximate surface area is 93.6 Å². The first kappa shape index (κ1) is 11.0. The van der Waals surface area contributed by atoms with Crippen LogP contribution in [0.3, 0.4) is 0 Å². The van der Waals surface area contributed by atoms with Crippen molar-refractivity contribution in [2.45, 2.75) is 25.4 Å². The zero-order valence-corrected chi connectivity index (χ0v) is 8.91. The summed E-state index contributed by atoms with van der Waals surface area (Å²) in [6.07, 6.45) is 7.51. The van der Waals surface area contributed by atoms with Crippen molar-refractivity contribution in [3.05, 3.63) is 34.6 Å². The molecule has 5 heteroatoms. The molecule has 1 saturated heterocycles. The molecular formula is C11H14N2O3. The standard InChI is InChI=1S/C6H10O.C5H4N2O2/c1-2-6-3-5(1)4-7-6;8-7(9)5-2-1-3-6-4-5/h5-6H,1-4H2;1-4H. The molecule has 16 heavy (non-hydrogen) atoms. The Balaban J connectivity index is 0.000000123. The summed E-state index contributed by atoms with van der Waals surface area (Å²) in [5.74, 6) is 0.949. The van der Waals surface area contributed by atoms with Crippen molar-refractivity contribution in [1.29, 1.82) is 0 Å². The lowest BCUT2D eigenvalue weighted by Gasteiger charge is -2.07. The summed E-state index contributed by atoms with van der Waals surface area (Å²) in [6.45, 7) is 1.06. The van der Waals surface area contributed by atoms with Crippen molar-refractivity contribution < 1.29 is 9.66 Å². The highest BCUT2D eigenvalue weighted by atomic mass is 16.6. The fourth-order valence-electron chi connectivity index (χ4n) is 2.07. The van der Waals surface area contributed by atoms with E-state index in [1.165, 1.54) is 43.8 Å². The summed E-state index contributed by atoms with van der Waals surface area (Å²) in [6, 6.07) is 2.92. The van der Waals surface area contributed by atoms with Gasteiger partial charge in [-0.05, 0) is 31.2 Å². The quantitative estimate of drug-likeness (QED) is 0.539. The van der Waals surface area contributed by atoms with Crippen molar-refractivity contribution in [1.82, 2.24) is 4.98 Å². The van der Waals surface area contributed by atoms with E-state index in [1.807, 2.05) is 0 Å². The number of hydrogen-bond donors (Lipinski definition) is 0. The van der Waals surface area contributed by atoms with Crippen LogP contribution < -0.4 is 0 Å². The number of aromatic nitrogens is 1. The number of pyridine rings is 1. The minimum Gasteiger partial charge on any atom is -0.378 e. The molecule has 1 aromatic rings. The van der Waals surface area contributed by atoms with Crippen LogP contribution in [0.1, 0.15) is 19.3 Å². The van der Waals surface area contributed by atoms with E-state index < -0.39 is 4.92 Å². The Morgan fingerprint density at radius 2 is 2.38 bits per heavy atom. The van der Waals surface area contributed by atoms with E-state index in [2.05, 4.69) is 4.98 Å². The average Bonchev–Trinajstić information content (AvgIpc) is 2.95. The Kier molecular flexibility index (Phi) is 3.46. The molecule has 0 aromatic carbocycles. The smallest absolute Gasteiger partial charge is 0.287 e. The highest BCUT2D eigenvalue weighted by Gasteiger charge is 2.31. The Bertz CT molecular complexity index is 338. The SMILES string of the molecule is C1CC2CC1CO2.O=[N+]([O-])c1cccnc1. The molecule has 86 valence electrons. The molecule has 3 rings (SSSR count). The van der Waals surface area contributed by atoms with Crippen LogP contribution >= 0.6 is 0 Å². The van der Waals surface area contributed by atoms with E-state index in [-0.39, 0.29) is 5.69 Å². The van der Waals surface area contributed by atoms with Gasteiger partial charge in [0.2, 0.25) is 0 Å². The number of fused-ring (bicyclic) bond motifs is 2. The molecule has 2 bridgehead atoms. The fraction of sp³-hybridized carbons (Fsp3) is 0.545. The number of nitrogens with zero attached hydrogens (tertiary/aromatic N) is 2. The molecule has 2 unspecified atom stereocenters. The summed E-state index contributed by atoms with van der Waals surface area (Å²) in [4.78, 5) is 13.1. The largest absolute Gasteiger partial charge is 0.378 e. The number of rotatable bonds is 1. The normalized spacial score (nSPS) is 26.0. The molecule has 1 aliphatic carbocycles. The molecule has 0 spiro atoms. The van der Waals surface area contributed by atoms with E-state index in [9.17, 15) is 10.1 Å². The average molecular weight is 222 g/mol. The highest BCUT2D eigenvalue weighted by molar-refractivity contribution is 5.23. The highest BCUT2D eigenvalue weighted by Crippen LogP contribution is 2.34. The molecule has 2 aliphatic rings. The fourth-order valence-corrected chi connectivity index (χ4v) is 2.07. The lowest BCUT2D eigenvalue weighted by molar-refractivity contribution is -0.385. The molecule has 5 nitrogen and oxygen atoms in total. The van der Waals surface area contributed by atoms with Gasteiger partial charge in [-0.15, -0.1) is 0 Å². The van der Waals surface area contributed by atoms with Crippen LogP contribution in [-0.2, 0) is 4.74 Å². The van der Waals surface area contributed by atoms with Gasteiger partial charge in [0.15, 0.2) is 0 Å². The molecule has 1 aromatic heterocycles. The minimum atomic E-state index is -0.479. The first-order valence-electron chi connectivity index (χ1n) is 5.41. The summed E-state index contributed by atoms with van der Waals surface area (Å²) in [5, 5.41) is 9.97. The molecule has 2 heterocycles. The van der Waals surface area contributed by atoms with Crippen molar-refractivity contribution in [2.75, 3.05) is 6.61 Å². The molecule has 0 amide bonds. The summed E-state index contributed by atoms with van der Waals surface area (Å²) >= 11 is 0. The van der Waals surface area contributed by atoms with E-state index in [0.29, 0.717) is 6.10 Å². The zero-order chi connectivity index (χ0) is 11.4. The second kappa shape index (κ2) is 5.03. The minimum absolute atomic E-state index is 0.0255. The predicted octanol–water partition coefficient (Wildman–Crippen LogP) is 2.18. The van der Waals surface area contributed by atoms with Gasteiger partial charge in [0.25, 0.3) is 5.69 Å².